The molecule has 3 aromatic rings. The summed E-state index contributed by atoms with van der Waals surface area (Å²) in [7, 11) is 0. The van der Waals surface area contributed by atoms with Crippen molar-refractivity contribution in [2.45, 2.75) is 19.6 Å². The van der Waals surface area contributed by atoms with E-state index in [0.29, 0.717) is 17.0 Å². The quantitative estimate of drug-likeness (QED) is 0.780. The lowest BCUT2D eigenvalue weighted by molar-refractivity contribution is -0.0498. The van der Waals surface area contributed by atoms with E-state index in [-0.39, 0.29) is 17.7 Å². The second kappa shape index (κ2) is 6.61. The summed E-state index contributed by atoms with van der Waals surface area (Å²) < 4.78 is 30.3. The van der Waals surface area contributed by atoms with Crippen LogP contribution in [0.15, 0.2) is 48.7 Å². The van der Waals surface area contributed by atoms with E-state index in [1.807, 2.05) is 24.4 Å². The van der Waals surface area contributed by atoms with Crippen LogP contribution < -0.4 is 10.1 Å². The summed E-state index contributed by atoms with van der Waals surface area (Å²) in [5.74, 6) is 0.244. The highest BCUT2D eigenvalue weighted by Crippen LogP contribution is 2.16. The number of pyridine rings is 1. The molecule has 0 aliphatic rings. The largest absolute Gasteiger partial charge is 0.435 e. The monoisotopic (exact) mass is 332 g/mol. The van der Waals surface area contributed by atoms with Crippen molar-refractivity contribution in [3.8, 4) is 5.75 Å². The Morgan fingerprint density at radius 3 is 2.62 bits per heavy atom. The number of rotatable bonds is 5. The first kappa shape index (κ1) is 15.9. The van der Waals surface area contributed by atoms with Gasteiger partial charge in [0.25, 0.3) is 5.91 Å². The number of benzene rings is 1. The number of carbonyl (C=O) groups excluding carboxylic acids is 1. The van der Waals surface area contributed by atoms with Crippen LogP contribution in [0.5, 0.6) is 5.75 Å². The first-order valence-corrected chi connectivity index (χ1v) is 7.20. The first-order chi connectivity index (χ1) is 11.5. The van der Waals surface area contributed by atoms with Crippen LogP contribution >= 0.6 is 0 Å². The number of carbonyl (C=O) groups is 1. The van der Waals surface area contributed by atoms with Gasteiger partial charge in [0.15, 0.2) is 11.5 Å². The van der Waals surface area contributed by atoms with Crippen LogP contribution in [0.3, 0.4) is 0 Å². The number of aromatic nitrogens is 3. The second-order valence-electron chi connectivity index (χ2n) is 5.09. The van der Waals surface area contributed by atoms with Crippen LogP contribution in [-0.2, 0) is 0 Å². The van der Waals surface area contributed by atoms with Crippen LogP contribution in [0.4, 0.5) is 8.78 Å². The molecule has 24 heavy (non-hydrogen) atoms. The third kappa shape index (κ3) is 3.32. The van der Waals surface area contributed by atoms with Crippen molar-refractivity contribution in [3.63, 3.8) is 0 Å². The van der Waals surface area contributed by atoms with Crippen LogP contribution in [-0.4, -0.2) is 27.1 Å². The maximum Gasteiger partial charge on any atom is 0.387 e. The maximum absolute atomic E-state index is 12.3. The van der Waals surface area contributed by atoms with E-state index in [4.69, 9.17) is 0 Å². The molecular formula is C16H14F2N4O2. The molecule has 0 fully saturated rings. The molecule has 6 nitrogen and oxygen atoms in total. The third-order valence-electron chi connectivity index (χ3n) is 3.42. The number of hydrogen-bond donors (Lipinski definition) is 1. The van der Waals surface area contributed by atoms with Gasteiger partial charge in [0.05, 0.1) is 6.04 Å². The Balaban J connectivity index is 1.72. The minimum atomic E-state index is -2.90. The van der Waals surface area contributed by atoms with Gasteiger partial charge < -0.3 is 10.1 Å². The fourth-order valence-corrected chi connectivity index (χ4v) is 2.29. The van der Waals surface area contributed by atoms with Gasteiger partial charge in [-0.2, -0.15) is 8.78 Å². The van der Waals surface area contributed by atoms with E-state index in [0.717, 1.165) is 0 Å². The zero-order chi connectivity index (χ0) is 17.1. The van der Waals surface area contributed by atoms with Gasteiger partial charge in [-0.25, -0.2) is 0 Å². The number of halogens is 2. The van der Waals surface area contributed by atoms with Gasteiger partial charge in [0, 0.05) is 11.8 Å². The fraction of sp³-hybridized carbons (Fsp3) is 0.188. The Morgan fingerprint density at radius 1 is 1.17 bits per heavy atom. The first-order valence-electron chi connectivity index (χ1n) is 7.20. The summed E-state index contributed by atoms with van der Waals surface area (Å²) in [6.45, 7) is -1.11. The van der Waals surface area contributed by atoms with E-state index >= 15 is 0 Å². The maximum atomic E-state index is 12.3. The van der Waals surface area contributed by atoms with Crippen molar-refractivity contribution in [2.75, 3.05) is 0 Å². The number of fused-ring (bicyclic) bond motifs is 1. The van der Waals surface area contributed by atoms with Crippen molar-refractivity contribution < 1.29 is 18.3 Å². The number of hydrogen-bond acceptors (Lipinski definition) is 4. The molecule has 0 spiro atoms. The van der Waals surface area contributed by atoms with Crippen LogP contribution in [0.25, 0.3) is 5.65 Å². The van der Waals surface area contributed by atoms with Gasteiger partial charge in [-0.1, -0.05) is 6.07 Å². The smallest absolute Gasteiger partial charge is 0.387 e. The molecule has 1 aromatic carbocycles. The fourth-order valence-electron chi connectivity index (χ4n) is 2.29. The van der Waals surface area contributed by atoms with Crippen molar-refractivity contribution in [3.05, 3.63) is 60.0 Å². The molecule has 3 rings (SSSR count). The molecule has 0 bridgehead atoms. The topological polar surface area (TPSA) is 68.5 Å². The van der Waals surface area contributed by atoms with Gasteiger partial charge in [-0.05, 0) is 43.3 Å². The summed E-state index contributed by atoms with van der Waals surface area (Å²) in [6, 6.07) is 10.6. The van der Waals surface area contributed by atoms with Crippen molar-refractivity contribution in [1.29, 1.82) is 0 Å². The normalized spacial score (nSPS) is 12.3. The average molecular weight is 332 g/mol. The third-order valence-corrected chi connectivity index (χ3v) is 3.42. The summed E-state index contributed by atoms with van der Waals surface area (Å²) in [5, 5.41) is 10.9. The molecule has 0 radical (unpaired) electrons. The predicted octanol–water partition coefficient (Wildman–Crippen LogP) is 2.82. The van der Waals surface area contributed by atoms with E-state index in [9.17, 15) is 13.6 Å². The molecule has 0 aliphatic carbocycles. The Morgan fingerprint density at radius 2 is 1.92 bits per heavy atom. The van der Waals surface area contributed by atoms with Gasteiger partial charge >= 0.3 is 6.61 Å². The number of ether oxygens (including phenoxy) is 1. The molecule has 0 saturated carbocycles. The molecule has 8 heteroatoms. The summed E-state index contributed by atoms with van der Waals surface area (Å²) in [5.41, 5.74) is 1.01. The van der Waals surface area contributed by atoms with Crippen LogP contribution in [0, 0.1) is 0 Å². The Labute approximate surface area is 136 Å². The van der Waals surface area contributed by atoms with Crippen molar-refractivity contribution >= 4 is 11.6 Å². The number of alkyl halides is 2. The molecule has 124 valence electrons. The molecule has 1 atom stereocenters. The highest BCUT2D eigenvalue weighted by atomic mass is 19.3. The highest BCUT2D eigenvalue weighted by molar-refractivity contribution is 5.94. The molecular weight excluding hydrogens is 318 g/mol. The number of nitrogens with zero attached hydrogens (tertiary/aromatic N) is 3. The molecule has 2 aromatic heterocycles. The van der Waals surface area contributed by atoms with Crippen LogP contribution in [0.2, 0.25) is 0 Å². The lowest BCUT2D eigenvalue weighted by Crippen LogP contribution is -2.28. The minimum absolute atomic E-state index is 0.00181. The summed E-state index contributed by atoms with van der Waals surface area (Å²) in [4.78, 5) is 12.3. The summed E-state index contributed by atoms with van der Waals surface area (Å²) >= 11 is 0. The average Bonchev–Trinajstić information content (AvgIpc) is 2.99. The summed E-state index contributed by atoms with van der Waals surface area (Å²) in [6.07, 6.45) is 1.81. The van der Waals surface area contributed by atoms with Crippen LogP contribution in [0.1, 0.15) is 29.1 Å². The van der Waals surface area contributed by atoms with Crippen molar-refractivity contribution in [1.82, 2.24) is 19.9 Å². The highest BCUT2D eigenvalue weighted by Gasteiger charge is 2.16. The Hall–Kier alpha value is -3.03. The standard InChI is InChI=1S/C16H14F2N4O2/c1-10(14-21-20-13-4-2-3-9-22(13)14)19-15(23)11-5-7-12(8-6-11)24-16(17)18/h2-10,16H,1H3,(H,19,23). The molecule has 1 N–H and O–H groups in total. The van der Waals surface area contributed by atoms with E-state index in [1.165, 1.54) is 24.3 Å². The van der Waals surface area contributed by atoms with Crippen molar-refractivity contribution in [2.24, 2.45) is 0 Å². The molecule has 0 aliphatic heterocycles. The minimum Gasteiger partial charge on any atom is -0.435 e. The zero-order valence-electron chi connectivity index (χ0n) is 12.7. The van der Waals surface area contributed by atoms with Gasteiger partial charge in [0.2, 0.25) is 0 Å². The molecule has 2 heterocycles. The van der Waals surface area contributed by atoms with Gasteiger partial charge in [-0.15, -0.1) is 10.2 Å². The Bertz CT molecular complexity index is 849. The zero-order valence-corrected chi connectivity index (χ0v) is 12.7. The van der Waals surface area contributed by atoms with E-state index in [1.54, 1.807) is 11.3 Å². The molecule has 0 saturated heterocycles. The Kier molecular flexibility index (Phi) is 4.37. The second-order valence-corrected chi connectivity index (χ2v) is 5.09. The van der Waals surface area contributed by atoms with E-state index in [2.05, 4.69) is 20.3 Å². The SMILES string of the molecule is CC(NC(=O)c1ccc(OC(F)F)cc1)c1nnc2ccccn12. The number of amides is 1. The molecule has 1 amide bonds. The molecule has 1 unspecified atom stereocenters. The lowest BCUT2D eigenvalue weighted by Gasteiger charge is -2.12. The van der Waals surface area contributed by atoms with Gasteiger partial charge in [0.1, 0.15) is 5.75 Å². The number of nitrogens with one attached hydrogen (secondary N) is 1. The lowest BCUT2D eigenvalue weighted by atomic mass is 10.2. The van der Waals surface area contributed by atoms with Gasteiger partial charge in [-0.3, -0.25) is 9.20 Å². The predicted molar refractivity (Wildman–Crippen MR) is 81.9 cm³/mol. The van der Waals surface area contributed by atoms with E-state index < -0.39 is 6.61 Å².